The van der Waals surface area contributed by atoms with Crippen LogP contribution in [-0.2, 0) is 6.42 Å². The van der Waals surface area contributed by atoms with Gasteiger partial charge < -0.3 is 0 Å². The zero-order chi connectivity index (χ0) is 13.1. The molecule has 92 valence electrons. The Kier molecular flexibility index (Phi) is 4.50. The van der Waals surface area contributed by atoms with Crippen LogP contribution in [0, 0.1) is 9.39 Å². The lowest BCUT2D eigenvalue weighted by Crippen LogP contribution is -2.06. The fraction of sp³-hybridized carbons (Fsp3) is 0.0714. The van der Waals surface area contributed by atoms with Gasteiger partial charge in [0.15, 0.2) is 5.78 Å². The minimum Gasteiger partial charge on any atom is -0.294 e. The van der Waals surface area contributed by atoms with E-state index in [1.807, 2.05) is 12.1 Å². The number of ketones is 1. The summed E-state index contributed by atoms with van der Waals surface area (Å²) in [4.78, 5) is 12.1. The van der Waals surface area contributed by atoms with Crippen LogP contribution in [0.3, 0.4) is 0 Å². The molecule has 0 unspecified atom stereocenters. The van der Waals surface area contributed by atoms with Crippen molar-refractivity contribution < 1.29 is 9.18 Å². The van der Waals surface area contributed by atoms with Crippen LogP contribution >= 0.6 is 38.5 Å². The lowest BCUT2D eigenvalue weighted by atomic mass is 10.0. The molecule has 2 aromatic rings. The molecule has 0 N–H and O–H groups in total. The van der Waals surface area contributed by atoms with Gasteiger partial charge in [0.2, 0.25) is 0 Å². The third-order valence-corrected chi connectivity index (χ3v) is 3.90. The Morgan fingerprint density at radius 3 is 2.67 bits per heavy atom. The normalized spacial score (nSPS) is 10.4. The first-order valence-electron chi connectivity index (χ1n) is 5.29. The van der Waals surface area contributed by atoms with Crippen LogP contribution in [0.2, 0.25) is 0 Å². The molecule has 0 saturated heterocycles. The molecule has 0 aliphatic rings. The highest BCUT2D eigenvalue weighted by atomic mass is 127. The van der Waals surface area contributed by atoms with Crippen LogP contribution < -0.4 is 0 Å². The van der Waals surface area contributed by atoms with Gasteiger partial charge >= 0.3 is 0 Å². The Morgan fingerprint density at radius 2 is 1.94 bits per heavy atom. The maximum Gasteiger partial charge on any atom is 0.168 e. The van der Waals surface area contributed by atoms with E-state index in [0.29, 0.717) is 11.1 Å². The molecule has 0 heterocycles. The molecule has 0 amide bonds. The van der Waals surface area contributed by atoms with E-state index in [4.69, 9.17) is 0 Å². The van der Waals surface area contributed by atoms with Gasteiger partial charge in [-0.3, -0.25) is 4.79 Å². The number of carbonyl (C=O) groups excluding carboxylic acids is 1. The molecule has 0 radical (unpaired) electrons. The third-order valence-electron chi connectivity index (χ3n) is 2.54. The minimum absolute atomic E-state index is 0.0748. The fourth-order valence-corrected chi connectivity index (χ4v) is 2.58. The number of hydrogen-bond acceptors (Lipinski definition) is 1. The van der Waals surface area contributed by atoms with Crippen molar-refractivity contribution >= 4 is 44.3 Å². The Hall–Kier alpha value is -0.750. The maximum atomic E-state index is 13.5. The topological polar surface area (TPSA) is 17.1 Å². The number of rotatable bonds is 3. The number of carbonyl (C=O) groups is 1. The van der Waals surface area contributed by atoms with E-state index in [-0.39, 0.29) is 18.0 Å². The molecular weight excluding hydrogens is 410 g/mol. The van der Waals surface area contributed by atoms with Gasteiger partial charge in [-0.2, -0.15) is 0 Å². The smallest absolute Gasteiger partial charge is 0.168 e. The molecule has 2 aromatic carbocycles. The van der Waals surface area contributed by atoms with Gasteiger partial charge in [0.1, 0.15) is 5.82 Å². The Morgan fingerprint density at radius 1 is 1.22 bits per heavy atom. The molecule has 1 nitrogen and oxygen atoms in total. The molecule has 4 heteroatoms. The molecule has 0 aromatic heterocycles. The summed E-state index contributed by atoms with van der Waals surface area (Å²) in [5.41, 5.74) is 1.01. The Bertz CT molecular complexity index is 598. The van der Waals surface area contributed by atoms with Gasteiger partial charge in [-0.15, -0.1) is 0 Å². The van der Waals surface area contributed by atoms with E-state index < -0.39 is 0 Å². The number of Topliss-reactive ketones (excluding diaryl/α,β-unsaturated/α-hetero) is 1. The summed E-state index contributed by atoms with van der Waals surface area (Å²) < 4.78 is 15.2. The van der Waals surface area contributed by atoms with Gasteiger partial charge in [-0.25, -0.2) is 4.39 Å². The summed E-state index contributed by atoms with van der Waals surface area (Å²) in [6.07, 6.45) is 0.0748. The largest absolute Gasteiger partial charge is 0.294 e. The van der Waals surface area contributed by atoms with E-state index in [2.05, 4.69) is 38.5 Å². The maximum absolute atomic E-state index is 13.5. The second kappa shape index (κ2) is 5.93. The highest BCUT2D eigenvalue weighted by Gasteiger charge is 2.13. The quantitative estimate of drug-likeness (QED) is 0.525. The van der Waals surface area contributed by atoms with Crippen LogP contribution in [0.15, 0.2) is 46.9 Å². The summed E-state index contributed by atoms with van der Waals surface area (Å²) >= 11 is 5.49. The highest BCUT2D eigenvalue weighted by molar-refractivity contribution is 14.1. The summed E-state index contributed by atoms with van der Waals surface area (Å²) in [6, 6.07) is 11.9. The highest BCUT2D eigenvalue weighted by Crippen LogP contribution is 2.21. The molecule has 0 aliphatic heterocycles. The molecule has 0 saturated carbocycles. The average molecular weight is 419 g/mol. The fourth-order valence-electron chi connectivity index (χ4n) is 1.62. The molecule has 0 atom stereocenters. The predicted molar refractivity (Wildman–Crippen MR) is 81.3 cm³/mol. The molecule has 2 rings (SSSR count). The van der Waals surface area contributed by atoms with E-state index in [1.54, 1.807) is 24.3 Å². The standard InChI is InChI=1S/C14H9BrFIO/c15-12-6-5-10(17)8-11(12)14(18)7-9-3-1-2-4-13(9)16/h1-6,8H,7H2. The van der Waals surface area contributed by atoms with Crippen molar-refractivity contribution in [2.75, 3.05) is 0 Å². The molecule has 0 fully saturated rings. The van der Waals surface area contributed by atoms with E-state index >= 15 is 0 Å². The SMILES string of the molecule is O=C(Cc1ccccc1F)c1cc(I)ccc1Br. The van der Waals surface area contributed by atoms with E-state index in [0.717, 1.165) is 8.04 Å². The summed E-state index contributed by atoms with van der Waals surface area (Å²) in [6.45, 7) is 0. The first kappa shape index (κ1) is 13.7. The van der Waals surface area contributed by atoms with Crippen LogP contribution in [0.5, 0.6) is 0 Å². The minimum atomic E-state index is -0.340. The van der Waals surface area contributed by atoms with Crippen LogP contribution in [0.1, 0.15) is 15.9 Å². The Balaban J connectivity index is 2.28. The molecule has 0 spiro atoms. The lowest BCUT2D eigenvalue weighted by molar-refractivity contribution is 0.0991. The van der Waals surface area contributed by atoms with Crippen LogP contribution in [0.4, 0.5) is 4.39 Å². The van der Waals surface area contributed by atoms with Gasteiger partial charge in [-0.05, 0) is 52.4 Å². The zero-order valence-corrected chi connectivity index (χ0v) is 13.0. The zero-order valence-electron chi connectivity index (χ0n) is 9.29. The lowest BCUT2D eigenvalue weighted by Gasteiger charge is -2.05. The van der Waals surface area contributed by atoms with Crippen molar-refractivity contribution in [1.29, 1.82) is 0 Å². The van der Waals surface area contributed by atoms with Gasteiger partial charge in [0.05, 0.1) is 0 Å². The van der Waals surface area contributed by atoms with Crippen molar-refractivity contribution in [3.05, 3.63) is 67.5 Å². The van der Waals surface area contributed by atoms with Gasteiger partial charge in [0.25, 0.3) is 0 Å². The first-order valence-corrected chi connectivity index (χ1v) is 7.17. The number of halogens is 3. The third kappa shape index (κ3) is 3.17. The van der Waals surface area contributed by atoms with Crippen molar-refractivity contribution in [1.82, 2.24) is 0 Å². The summed E-state index contributed by atoms with van der Waals surface area (Å²) in [7, 11) is 0. The Labute approximate surface area is 127 Å². The second-order valence-corrected chi connectivity index (χ2v) is 5.92. The summed E-state index contributed by atoms with van der Waals surface area (Å²) in [5, 5.41) is 0. The number of hydrogen-bond donors (Lipinski definition) is 0. The van der Waals surface area contributed by atoms with Crippen LogP contribution in [0.25, 0.3) is 0 Å². The number of benzene rings is 2. The monoisotopic (exact) mass is 418 g/mol. The van der Waals surface area contributed by atoms with Crippen molar-refractivity contribution in [3.8, 4) is 0 Å². The summed E-state index contributed by atoms with van der Waals surface area (Å²) in [5.74, 6) is -0.432. The average Bonchev–Trinajstić information content (AvgIpc) is 2.35. The predicted octanol–water partition coefficient (Wildman–Crippen LogP) is 4.62. The van der Waals surface area contributed by atoms with Gasteiger partial charge in [0, 0.05) is 20.0 Å². The van der Waals surface area contributed by atoms with Crippen molar-refractivity contribution in [2.24, 2.45) is 0 Å². The molecule has 0 bridgehead atoms. The van der Waals surface area contributed by atoms with E-state index in [9.17, 15) is 9.18 Å². The van der Waals surface area contributed by atoms with Crippen LogP contribution in [-0.4, -0.2) is 5.78 Å². The van der Waals surface area contributed by atoms with Gasteiger partial charge in [-0.1, -0.05) is 34.1 Å². The molecular formula is C14H9BrFIO. The van der Waals surface area contributed by atoms with Crippen molar-refractivity contribution in [3.63, 3.8) is 0 Å². The first-order chi connectivity index (χ1) is 8.58. The molecule has 18 heavy (non-hydrogen) atoms. The second-order valence-electron chi connectivity index (χ2n) is 3.82. The molecule has 0 aliphatic carbocycles. The van der Waals surface area contributed by atoms with Crippen molar-refractivity contribution in [2.45, 2.75) is 6.42 Å². The van der Waals surface area contributed by atoms with E-state index in [1.165, 1.54) is 6.07 Å².